The molecule has 0 amide bonds. The minimum Gasteiger partial charge on any atom is -0.115 e. The molecule has 4 aromatic carbocycles. The molecule has 0 saturated carbocycles. The van der Waals surface area contributed by atoms with Crippen LogP contribution in [0.5, 0.6) is 0 Å². The Morgan fingerprint density at radius 2 is 1.30 bits per heavy atom. The molecule has 20 heavy (non-hydrogen) atoms. The van der Waals surface area contributed by atoms with Gasteiger partial charge >= 0.3 is 0 Å². The van der Waals surface area contributed by atoms with Crippen molar-refractivity contribution in [2.24, 2.45) is 0 Å². The van der Waals surface area contributed by atoms with Gasteiger partial charge in [-0.2, -0.15) is 0 Å². The molecule has 0 spiro atoms. The lowest BCUT2D eigenvalue weighted by atomic mass is 9.94. The summed E-state index contributed by atoms with van der Waals surface area (Å²) in [6.07, 6.45) is 5.67. The molecule has 92 valence electrons. The lowest BCUT2D eigenvalue weighted by Gasteiger charge is -2.09. The van der Waals surface area contributed by atoms with Crippen LogP contribution in [0, 0.1) is 12.3 Å². The van der Waals surface area contributed by atoms with Gasteiger partial charge in [-0.25, -0.2) is 0 Å². The number of rotatable bonds is 0. The van der Waals surface area contributed by atoms with Gasteiger partial charge in [0.25, 0.3) is 0 Å². The molecule has 0 atom stereocenters. The van der Waals surface area contributed by atoms with Gasteiger partial charge in [0.1, 0.15) is 0 Å². The molecular weight excluding hydrogens is 240 g/mol. The van der Waals surface area contributed by atoms with Gasteiger partial charge < -0.3 is 0 Å². The third-order valence-corrected chi connectivity index (χ3v) is 3.90. The van der Waals surface area contributed by atoms with Gasteiger partial charge in [0.15, 0.2) is 0 Å². The molecule has 0 radical (unpaired) electrons. The zero-order valence-electron chi connectivity index (χ0n) is 10.9. The van der Waals surface area contributed by atoms with Crippen molar-refractivity contribution in [3.8, 4) is 12.3 Å². The first-order valence-corrected chi connectivity index (χ1v) is 6.68. The Balaban J connectivity index is 2.38. The van der Waals surface area contributed by atoms with E-state index in [2.05, 4.69) is 66.6 Å². The predicted molar refractivity (Wildman–Crippen MR) is 86.9 cm³/mol. The summed E-state index contributed by atoms with van der Waals surface area (Å²) in [7, 11) is 0. The second-order valence-corrected chi connectivity index (χ2v) is 5.00. The number of benzene rings is 4. The molecule has 0 heterocycles. The smallest absolute Gasteiger partial charge is 0.0327 e. The summed E-state index contributed by atoms with van der Waals surface area (Å²) < 4.78 is 0. The van der Waals surface area contributed by atoms with Gasteiger partial charge in [0, 0.05) is 5.56 Å². The molecule has 0 fully saturated rings. The van der Waals surface area contributed by atoms with Crippen LogP contribution in [0.3, 0.4) is 0 Å². The first-order chi connectivity index (χ1) is 9.88. The Bertz CT molecular complexity index is 1000. The summed E-state index contributed by atoms with van der Waals surface area (Å²) in [4.78, 5) is 0. The Kier molecular flexibility index (Phi) is 2.28. The van der Waals surface area contributed by atoms with E-state index >= 15 is 0 Å². The quantitative estimate of drug-likeness (QED) is 0.301. The average Bonchev–Trinajstić information content (AvgIpc) is 2.53. The Labute approximate surface area is 117 Å². The van der Waals surface area contributed by atoms with Gasteiger partial charge in [0.2, 0.25) is 0 Å². The summed E-state index contributed by atoms with van der Waals surface area (Å²) in [5.41, 5.74) is 0.961. The molecule has 4 aromatic rings. The zero-order chi connectivity index (χ0) is 13.5. The van der Waals surface area contributed by atoms with E-state index in [4.69, 9.17) is 6.42 Å². The van der Waals surface area contributed by atoms with Gasteiger partial charge in [-0.15, -0.1) is 6.42 Å². The van der Waals surface area contributed by atoms with E-state index in [-0.39, 0.29) is 0 Å². The van der Waals surface area contributed by atoms with Crippen LogP contribution in [-0.2, 0) is 0 Å². The maximum absolute atomic E-state index is 5.67. The molecule has 0 aliphatic rings. The third-order valence-electron chi connectivity index (χ3n) is 3.90. The van der Waals surface area contributed by atoms with Gasteiger partial charge in [-0.05, 0) is 38.4 Å². The summed E-state index contributed by atoms with van der Waals surface area (Å²) in [6, 6.07) is 23.3. The second-order valence-electron chi connectivity index (χ2n) is 5.00. The number of terminal acetylenes is 1. The molecule has 0 unspecified atom stereocenters. The summed E-state index contributed by atoms with van der Waals surface area (Å²) in [5, 5.41) is 7.42. The van der Waals surface area contributed by atoms with Crippen LogP contribution < -0.4 is 0 Å². The second kappa shape index (κ2) is 4.11. The van der Waals surface area contributed by atoms with Crippen molar-refractivity contribution in [3.05, 3.63) is 72.3 Å². The largest absolute Gasteiger partial charge is 0.115 e. The molecule has 0 aromatic heterocycles. The molecule has 0 N–H and O–H groups in total. The highest BCUT2D eigenvalue weighted by Crippen LogP contribution is 2.33. The molecular formula is C20H12. The van der Waals surface area contributed by atoms with Crippen LogP contribution in [0.4, 0.5) is 0 Å². The summed E-state index contributed by atoms with van der Waals surface area (Å²) >= 11 is 0. The molecule has 0 heteroatoms. The van der Waals surface area contributed by atoms with Crippen molar-refractivity contribution >= 4 is 32.3 Å². The van der Waals surface area contributed by atoms with Crippen LogP contribution in [0.15, 0.2) is 66.7 Å². The van der Waals surface area contributed by atoms with Crippen LogP contribution >= 0.6 is 0 Å². The van der Waals surface area contributed by atoms with Gasteiger partial charge in [0.05, 0.1) is 0 Å². The fourth-order valence-electron chi connectivity index (χ4n) is 3.00. The summed E-state index contributed by atoms with van der Waals surface area (Å²) in [6.45, 7) is 0. The Hall–Kier alpha value is -2.78. The average molecular weight is 252 g/mol. The Morgan fingerprint density at radius 3 is 2.10 bits per heavy atom. The zero-order valence-corrected chi connectivity index (χ0v) is 10.9. The predicted octanol–water partition coefficient (Wildman–Crippen LogP) is 5.13. The van der Waals surface area contributed by atoms with Crippen molar-refractivity contribution in [1.29, 1.82) is 0 Å². The molecule has 0 saturated heterocycles. The summed E-state index contributed by atoms with van der Waals surface area (Å²) in [5.74, 6) is 2.81. The molecule has 0 bridgehead atoms. The highest BCUT2D eigenvalue weighted by Gasteiger charge is 2.07. The van der Waals surface area contributed by atoms with Crippen molar-refractivity contribution in [2.45, 2.75) is 0 Å². The van der Waals surface area contributed by atoms with E-state index in [9.17, 15) is 0 Å². The van der Waals surface area contributed by atoms with Crippen LogP contribution in [0.2, 0.25) is 0 Å². The van der Waals surface area contributed by atoms with Crippen molar-refractivity contribution in [1.82, 2.24) is 0 Å². The number of hydrogen-bond donors (Lipinski definition) is 0. The topological polar surface area (TPSA) is 0 Å². The monoisotopic (exact) mass is 252 g/mol. The van der Waals surface area contributed by atoms with Crippen molar-refractivity contribution in [3.63, 3.8) is 0 Å². The van der Waals surface area contributed by atoms with E-state index in [0.717, 1.165) is 10.9 Å². The van der Waals surface area contributed by atoms with Crippen LogP contribution in [0.25, 0.3) is 32.3 Å². The number of hydrogen-bond acceptors (Lipinski definition) is 0. The fraction of sp³-hybridized carbons (Fsp3) is 0. The van der Waals surface area contributed by atoms with E-state index in [1.807, 2.05) is 6.07 Å². The normalized spacial score (nSPS) is 10.9. The number of fused-ring (bicyclic) bond motifs is 5. The Morgan fingerprint density at radius 1 is 0.650 bits per heavy atom. The fourth-order valence-corrected chi connectivity index (χ4v) is 3.00. The van der Waals surface area contributed by atoms with Crippen LogP contribution in [0.1, 0.15) is 5.56 Å². The minimum atomic E-state index is 0.961. The SMILES string of the molecule is C#Cc1cc2ccc3ccccc3c2c2ccccc12. The van der Waals surface area contributed by atoms with E-state index in [0.29, 0.717) is 0 Å². The highest BCUT2D eigenvalue weighted by molar-refractivity contribution is 6.21. The highest BCUT2D eigenvalue weighted by atomic mass is 14.1. The van der Waals surface area contributed by atoms with Crippen molar-refractivity contribution in [2.75, 3.05) is 0 Å². The lowest BCUT2D eigenvalue weighted by molar-refractivity contribution is 1.74. The lowest BCUT2D eigenvalue weighted by Crippen LogP contribution is -1.85. The van der Waals surface area contributed by atoms with Gasteiger partial charge in [-0.3, -0.25) is 0 Å². The third kappa shape index (κ3) is 1.44. The maximum Gasteiger partial charge on any atom is 0.0327 e. The van der Waals surface area contributed by atoms with Gasteiger partial charge in [-0.1, -0.05) is 66.6 Å². The first-order valence-electron chi connectivity index (χ1n) is 6.68. The molecule has 0 nitrogen and oxygen atoms in total. The van der Waals surface area contributed by atoms with Crippen molar-refractivity contribution < 1.29 is 0 Å². The van der Waals surface area contributed by atoms with E-state index < -0.39 is 0 Å². The molecule has 0 aliphatic heterocycles. The van der Waals surface area contributed by atoms with E-state index in [1.165, 1.54) is 26.9 Å². The van der Waals surface area contributed by atoms with E-state index in [1.54, 1.807) is 0 Å². The minimum absolute atomic E-state index is 0.961. The molecule has 0 aliphatic carbocycles. The molecule has 4 rings (SSSR count). The first kappa shape index (κ1) is 11.1. The standard InChI is InChI=1S/C20H12/c1-2-14-13-16-12-11-15-7-3-4-9-18(15)20(16)19-10-6-5-8-17(14)19/h1,3-13H. The maximum atomic E-state index is 5.67. The van der Waals surface area contributed by atoms with Crippen LogP contribution in [-0.4, -0.2) is 0 Å².